The van der Waals surface area contributed by atoms with Crippen molar-refractivity contribution in [3.63, 3.8) is 0 Å². The fourth-order valence-electron chi connectivity index (χ4n) is 6.09. The Labute approximate surface area is 270 Å². The van der Waals surface area contributed by atoms with E-state index in [0.717, 1.165) is 59.3 Å². The van der Waals surface area contributed by atoms with E-state index in [2.05, 4.69) is 28.4 Å². The molecule has 2 saturated heterocycles. The fourth-order valence-corrected chi connectivity index (χ4v) is 6.09. The molecule has 246 valence electrons. The van der Waals surface area contributed by atoms with Gasteiger partial charge in [-0.15, -0.1) is 0 Å². The number of carbonyl (C=O) groups is 2. The summed E-state index contributed by atoms with van der Waals surface area (Å²) in [4.78, 5) is 25.6. The first kappa shape index (κ1) is 33.7. The molecule has 5 N–H and O–H groups in total. The molecule has 3 aromatic rings. The Hall–Kier alpha value is -3.64. The van der Waals surface area contributed by atoms with Crippen molar-refractivity contribution >= 4 is 11.8 Å². The van der Waals surface area contributed by atoms with Crippen molar-refractivity contribution in [1.29, 1.82) is 0 Å². The van der Waals surface area contributed by atoms with E-state index in [9.17, 15) is 19.8 Å². The van der Waals surface area contributed by atoms with Crippen LogP contribution in [0.3, 0.4) is 0 Å². The van der Waals surface area contributed by atoms with E-state index in [1.54, 1.807) is 5.48 Å². The van der Waals surface area contributed by atoms with Crippen molar-refractivity contribution in [3.05, 3.63) is 95.1 Å². The van der Waals surface area contributed by atoms with Crippen LogP contribution in [0, 0.1) is 0 Å². The summed E-state index contributed by atoms with van der Waals surface area (Å²) >= 11 is 0. The molecule has 0 saturated carbocycles. The summed E-state index contributed by atoms with van der Waals surface area (Å²) in [6.07, 6.45) is 3.12. The molecule has 0 bridgehead atoms. The summed E-state index contributed by atoms with van der Waals surface area (Å²) in [6, 6.07) is 24.1. The zero-order valence-electron chi connectivity index (χ0n) is 26.1. The standard InChI is InChI=1S/C36H45N3O7/c40-24-25-9-11-28(12-10-25)33-20-32(23-39-18-17-31(41)22-39)45-36(46-33)29-15-13-27(14-16-29)30-6-4-5-26(19-30)21-37-34(42)7-2-1-3-8-35(43)38-44/h4-6,9-16,19,31-33,36,40-41,44H,1-3,7-8,17-18,20-24H2,(H,37,42)(H,38,43). The Balaban J connectivity index is 1.19. The first-order valence-corrected chi connectivity index (χ1v) is 16.2. The fraction of sp³-hybridized carbons (Fsp3) is 0.444. The summed E-state index contributed by atoms with van der Waals surface area (Å²) in [5.41, 5.74) is 7.52. The maximum atomic E-state index is 12.3. The van der Waals surface area contributed by atoms with Gasteiger partial charge in [-0.3, -0.25) is 19.7 Å². The molecule has 10 heteroatoms. The van der Waals surface area contributed by atoms with Gasteiger partial charge in [-0.25, -0.2) is 5.48 Å². The van der Waals surface area contributed by atoms with Crippen LogP contribution in [0.25, 0.3) is 11.1 Å². The van der Waals surface area contributed by atoms with Crippen LogP contribution in [0.1, 0.15) is 79.6 Å². The summed E-state index contributed by atoms with van der Waals surface area (Å²) in [5, 5.41) is 31.0. The van der Waals surface area contributed by atoms with Gasteiger partial charge >= 0.3 is 0 Å². The summed E-state index contributed by atoms with van der Waals surface area (Å²) in [6.45, 7) is 2.67. The number of ether oxygens (including phenoxy) is 2. The molecule has 0 aliphatic carbocycles. The second-order valence-corrected chi connectivity index (χ2v) is 12.2. The topological polar surface area (TPSA) is 141 Å². The molecule has 0 aromatic heterocycles. The van der Waals surface area contributed by atoms with Gasteiger partial charge in [-0.1, -0.05) is 73.2 Å². The van der Waals surface area contributed by atoms with Gasteiger partial charge in [0.25, 0.3) is 0 Å². The predicted molar refractivity (Wildman–Crippen MR) is 172 cm³/mol. The van der Waals surface area contributed by atoms with Crippen LogP contribution >= 0.6 is 0 Å². The van der Waals surface area contributed by atoms with E-state index in [0.29, 0.717) is 38.8 Å². The van der Waals surface area contributed by atoms with Gasteiger partial charge in [0.05, 0.1) is 24.9 Å². The number of nitrogens with zero attached hydrogens (tertiary/aromatic N) is 1. The lowest BCUT2D eigenvalue weighted by molar-refractivity contribution is -0.252. The molecule has 10 nitrogen and oxygen atoms in total. The molecule has 2 fully saturated rings. The van der Waals surface area contributed by atoms with Gasteiger partial charge in [-0.05, 0) is 53.1 Å². The molecule has 2 aliphatic heterocycles. The maximum absolute atomic E-state index is 12.3. The molecule has 46 heavy (non-hydrogen) atoms. The molecular formula is C36H45N3O7. The molecule has 5 rings (SSSR count). The van der Waals surface area contributed by atoms with Crippen LogP contribution in [0.15, 0.2) is 72.8 Å². The lowest BCUT2D eigenvalue weighted by Crippen LogP contribution is -2.38. The van der Waals surface area contributed by atoms with Crippen LogP contribution in [0.4, 0.5) is 0 Å². The van der Waals surface area contributed by atoms with Crippen molar-refractivity contribution in [2.45, 2.75) is 82.7 Å². The molecule has 3 aromatic carbocycles. The second kappa shape index (κ2) is 16.8. The average Bonchev–Trinajstić information content (AvgIpc) is 3.51. The zero-order chi connectivity index (χ0) is 32.3. The highest BCUT2D eigenvalue weighted by Gasteiger charge is 2.34. The van der Waals surface area contributed by atoms with E-state index in [-0.39, 0.29) is 37.2 Å². The van der Waals surface area contributed by atoms with Gasteiger partial charge < -0.3 is 25.0 Å². The minimum Gasteiger partial charge on any atom is -0.392 e. The van der Waals surface area contributed by atoms with Gasteiger partial charge in [0.15, 0.2) is 6.29 Å². The number of hydrogen-bond acceptors (Lipinski definition) is 8. The summed E-state index contributed by atoms with van der Waals surface area (Å²) in [7, 11) is 0. The number of benzene rings is 3. The zero-order valence-corrected chi connectivity index (χ0v) is 26.1. The van der Waals surface area contributed by atoms with Gasteiger partial charge in [0.2, 0.25) is 11.8 Å². The van der Waals surface area contributed by atoms with Crippen LogP contribution in [0.2, 0.25) is 0 Å². The number of nitrogens with one attached hydrogen (secondary N) is 2. The highest BCUT2D eigenvalue weighted by molar-refractivity contribution is 5.76. The van der Waals surface area contributed by atoms with Gasteiger partial charge in [-0.2, -0.15) is 0 Å². The Morgan fingerprint density at radius 1 is 0.848 bits per heavy atom. The van der Waals surface area contributed by atoms with Crippen LogP contribution in [-0.2, 0) is 32.2 Å². The SMILES string of the molecule is O=C(CCCCCC(=O)NCc1cccc(-c2ccc(C3OC(CN4CCC(O)C4)CC(c4ccc(CO)cc4)O3)cc2)c1)NO. The molecule has 0 radical (unpaired) electrons. The first-order valence-electron chi connectivity index (χ1n) is 16.2. The highest BCUT2D eigenvalue weighted by Crippen LogP contribution is 2.39. The monoisotopic (exact) mass is 631 g/mol. The number of hydrogen-bond donors (Lipinski definition) is 5. The van der Waals surface area contributed by atoms with E-state index >= 15 is 0 Å². The quantitative estimate of drug-likeness (QED) is 0.0994. The second-order valence-electron chi connectivity index (χ2n) is 12.2. The maximum Gasteiger partial charge on any atom is 0.243 e. The van der Waals surface area contributed by atoms with Crippen molar-refractivity contribution < 1.29 is 34.5 Å². The predicted octanol–water partition coefficient (Wildman–Crippen LogP) is 4.53. The van der Waals surface area contributed by atoms with Crippen LogP contribution in [0.5, 0.6) is 0 Å². The number of aliphatic hydroxyl groups excluding tert-OH is 2. The number of hydroxylamine groups is 1. The van der Waals surface area contributed by atoms with E-state index in [1.165, 1.54) is 0 Å². The minimum atomic E-state index is -0.545. The van der Waals surface area contributed by atoms with Crippen molar-refractivity contribution in [1.82, 2.24) is 15.7 Å². The van der Waals surface area contributed by atoms with Gasteiger partial charge in [0, 0.05) is 51.0 Å². The lowest BCUT2D eigenvalue weighted by atomic mass is 9.99. The van der Waals surface area contributed by atoms with Crippen molar-refractivity contribution in [2.75, 3.05) is 19.6 Å². The third-order valence-corrected chi connectivity index (χ3v) is 8.69. The molecule has 2 aliphatic rings. The number of amides is 2. The summed E-state index contributed by atoms with van der Waals surface area (Å²) in [5.74, 6) is -0.440. The number of carbonyl (C=O) groups excluding carboxylic acids is 2. The number of likely N-dealkylation sites (tertiary alicyclic amines) is 1. The van der Waals surface area contributed by atoms with E-state index < -0.39 is 12.2 Å². The van der Waals surface area contributed by atoms with Crippen LogP contribution < -0.4 is 10.8 Å². The molecule has 4 atom stereocenters. The average molecular weight is 632 g/mol. The van der Waals surface area contributed by atoms with Gasteiger partial charge in [0.1, 0.15) is 0 Å². The molecule has 4 unspecified atom stereocenters. The number of rotatable bonds is 14. The molecule has 2 amide bonds. The Morgan fingerprint density at radius 2 is 1.59 bits per heavy atom. The molecule has 0 spiro atoms. The minimum absolute atomic E-state index is 0.00212. The summed E-state index contributed by atoms with van der Waals surface area (Å²) < 4.78 is 13.0. The van der Waals surface area contributed by atoms with E-state index in [1.807, 2.05) is 54.6 Å². The smallest absolute Gasteiger partial charge is 0.243 e. The number of aliphatic hydroxyl groups is 2. The highest BCUT2D eigenvalue weighted by atomic mass is 16.7. The first-order chi connectivity index (χ1) is 22.4. The molecule has 2 heterocycles. The third-order valence-electron chi connectivity index (χ3n) is 8.69. The van der Waals surface area contributed by atoms with Crippen LogP contribution in [-0.4, -0.2) is 64.0 Å². The van der Waals surface area contributed by atoms with Crippen molar-refractivity contribution in [3.8, 4) is 11.1 Å². The van der Waals surface area contributed by atoms with E-state index in [4.69, 9.17) is 14.7 Å². The third kappa shape index (κ3) is 9.68. The number of β-amino-alcohol motifs (C(OH)–C–C–N with tert-alkyl or cyclic N) is 1. The van der Waals surface area contributed by atoms with Crippen molar-refractivity contribution in [2.24, 2.45) is 0 Å². The Bertz CT molecular complexity index is 1420. The normalized spacial score (nSPS) is 21.6. The largest absolute Gasteiger partial charge is 0.392 e. The lowest BCUT2D eigenvalue weighted by Gasteiger charge is -2.37. The molecular weight excluding hydrogens is 586 g/mol. The Kier molecular flexibility index (Phi) is 12.3. The number of unbranched alkanes of at least 4 members (excludes halogenated alkanes) is 2. The Morgan fingerprint density at radius 3 is 2.28 bits per heavy atom.